The van der Waals surface area contributed by atoms with Crippen molar-refractivity contribution in [2.75, 3.05) is 53.0 Å². The van der Waals surface area contributed by atoms with Crippen LogP contribution in [0.15, 0.2) is 0 Å². The molecule has 0 spiro atoms. The summed E-state index contributed by atoms with van der Waals surface area (Å²) in [5, 5.41) is 3.42. The third kappa shape index (κ3) is 4.23. The highest BCUT2D eigenvalue weighted by Gasteiger charge is 2.19. The summed E-state index contributed by atoms with van der Waals surface area (Å²) in [7, 11) is 2.09. The van der Waals surface area contributed by atoms with E-state index in [1.54, 1.807) is 0 Å². The van der Waals surface area contributed by atoms with Gasteiger partial charge < -0.3 is 19.9 Å². The lowest BCUT2D eigenvalue weighted by Gasteiger charge is -2.32. The first kappa shape index (κ1) is 13.8. The van der Waals surface area contributed by atoms with Crippen LogP contribution in [-0.4, -0.2) is 74.7 Å². The molecule has 2 aliphatic heterocycles. The van der Waals surface area contributed by atoms with Crippen molar-refractivity contribution in [3.05, 3.63) is 0 Å². The molecule has 0 saturated carbocycles. The van der Waals surface area contributed by atoms with Crippen molar-refractivity contribution in [2.45, 2.75) is 25.3 Å². The number of amides is 1. The van der Waals surface area contributed by atoms with Crippen LogP contribution in [0, 0.1) is 0 Å². The minimum absolute atomic E-state index is 0.138. The molecule has 1 N–H and O–H groups in total. The second-order valence-corrected chi connectivity index (χ2v) is 5.35. The molecule has 1 amide bonds. The molecule has 2 fully saturated rings. The average molecular weight is 255 g/mol. The van der Waals surface area contributed by atoms with E-state index >= 15 is 0 Å². The maximum Gasteiger partial charge on any atom is 0.248 e. The number of rotatable bonds is 4. The van der Waals surface area contributed by atoms with E-state index in [1.165, 1.54) is 19.3 Å². The van der Waals surface area contributed by atoms with E-state index in [9.17, 15) is 4.79 Å². The van der Waals surface area contributed by atoms with E-state index in [1.807, 2.05) is 4.90 Å². The SMILES string of the molecule is CN1CCN(C(=O)COCC2CCCCN2)CC1. The predicted molar refractivity (Wildman–Crippen MR) is 70.5 cm³/mol. The number of ether oxygens (including phenoxy) is 1. The van der Waals surface area contributed by atoms with Gasteiger partial charge in [0.25, 0.3) is 0 Å². The van der Waals surface area contributed by atoms with Crippen molar-refractivity contribution in [1.82, 2.24) is 15.1 Å². The lowest BCUT2D eigenvalue weighted by molar-refractivity contribution is -0.138. The van der Waals surface area contributed by atoms with E-state index in [0.29, 0.717) is 12.6 Å². The second kappa shape index (κ2) is 7.07. The van der Waals surface area contributed by atoms with Gasteiger partial charge in [-0.15, -0.1) is 0 Å². The van der Waals surface area contributed by atoms with Crippen molar-refractivity contribution in [3.8, 4) is 0 Å². The highest BCUT2D eigenvalue weighted by Crippen LogP contribution is 2.07. The monoisotopic (exact) mass is 255 g/mol. The standard InChI is InChI=1S/C13H25N3O2/c1-15-6-8-16(9-7-15)13(17)11-18-10-12-4-2-3-5-14-12/h12,14H,2-11H2,1H3. The van der Waals surface area contributed by atoms with Crippen LogP contribution in [0.25, 0.3) is 0 Å². The molecule has 5 nitrogen and oxygen atoms in total. The largest absolute Gasteiger partial charge is 0.370 e. The molecular weight excluding hydrogens is 230 g/mol. The maximum atomic E-state index is 11.9. The summed E-state index contributed by atoms with van der Waals surface area (Å²) in [5.74, 6) is 0.138. The Kier molecular flexibility index (Phi) is 5.41. The van der Waals surface area contributed by atoms with E-state index in [2.05, 4.69) is 17.3 Å². The summed E-state index contributed by atoms with van der Waals surface area (Å²) in [5.41, 5.74) is 0. The number of carbonyl (C=O) groups is 1. The molecule has 0 radical (unpaired) electrons. The molecule has 2 aliphatic rings. The summed E-state index contributed by atoms with van der Waals surface area (Å²) in [6, 6.07) is 0.444. The van der Waals surface area contributed by atoms with Crippen molar-refractivity contribution >= 4 is 5.91 Å². The first-order chi connectivity index (χ1) is 8.75. The van der Waals surface area contributed by atoms with E-state index in [0.717, 1.165) is 32.7 Å². The van der Waals surface area contributed by atoms with Gasteiger partial charge in [0.1, 0.15) is 6.61 Å². The number of likely N-dealkylation sites (N-methyl/N-ethyl adjacent to an activating group) is 1. The van der Waals surface area contributed by atoms with Crippen molar-refractivity contribution < 1.29 is 9.53 Å². The first-order valence-electron chi connectivity index (χ1n) is 7.03. The molecule has 18 heavy (non-hydrogen) atoms. The molecule has 1 atom stereocenters. The van der Waals surface area contributed by atoms with Crippen LogP contribution in [-0.2, 0) is 9.53 Å². The minimum atomic E-state index is 0.138. The average Bonchev–Trinajstić information content (AvgIpc) is 2.40. The number of hydrogen-bond donors (Lipinski definition) is 1. The van der Waals surface area contributed by atoms with Crippen molar-refractivity contribution in [2.24, 2.45) is 0 Å². The Bertz CT molecular complexity index is 259. The van der Waals surface area contributed by atoms with Crippen LogP contribution in [0.1, 0.15) is 19.3 Å². The number of nitrogens with one attached hydrogen (secondary N) is 1. The summed E-state index contributed by atoms with van der Waals surface area (Å²) < 4.78 is 5.55. The first-order valence-corrected chi connectivity index (χ1v) is 7.03. The van der Waals surface area contributed by atoms with Crippen LogP contribution >= 0.6 is 0 Å². The van der Waals surface area contributed by atoms with Gasteiger partial charge in [0, 0.05) is 32.2 Å². The number of piperidine rings is 1. The lowest BCUT2D eigenvalue weighted by Crippen LogP contribution is -2.48. The molecule has 2 rings (SSSR count). The Morgan fingerprint density at radius 2 is 2.06 bits per heavy atom. The Hall–Kier alpha value is -0.650. The van der Waals surface area contributed by atoms with Crippen LogP contribution in [0.5, 0.6) is 0 Å². The summed E-state index contributed by atoms with van der Waals surface area (Å²) in [6.07, 6.45) is 3.70. The Morgan fingerprint density at radius 3 is 2.72 bits per heavy atom. The van der Waals surface area contributed by atoms with Crippen molar-refractivity contribution in [1.29, 1.82) is 0 Å². The van der Waals surface area contributed by atoms with Gasteiger partial charge in [-0.25, -0.2) is 0 Å². The lowest BCUT2D eigenvalue weighted by atomic mass is 10.1. The molecule has 1 unspecified atom stereocenters. The zero-order valence-corrected chi connectivity index (χ0v) is 11.4. The van der Waals surface area contributed by atoms with Crippen LogP contribution < -0.4 is 5.32 Å². The highest BCUT2D eigenvalue weighted by atomic mass is 16.5. The van der Waals surface area contributed by atoms with E-state index in [-0.39, 0.29) is 12.5 Å². The molecule has 0 bridgehead atoms. The van der Waals surface area contributed by atoms with Gasteiger partial charge in [-0.3, -0.25) is 4.79 Å². The third-order valence-electron chi connectivity index (χ3n) is 3.81. The summed E-state index contributed by atoms with van der Waals surface area (Å²) in [6.45, 7) is 5.59. The smallest absolute Gasteiger partial charge is 0.248 e. The maximum absolute atomic E-state index is 11.9. The quantitative estimate of drug-likeness (QED) is 0.763. The zero-order valence-electron chi connectivity index (χ0n) is 11.4. The summed E-state index contributed by atoms with van der Waals surface area (Å²) >= 11 is 0. The molecular formula is C13H25N3O2. The van der Waals surface area contributed by atoms with E-state index in [4.69, 9.17) is 4.74 Å². The topological polar surface area (TPSA) is 44.8 Å². The summed E-state index contributed by atoms with van der Waals surface area (Å²) in [4.78, 5) is 16.1. The van der Waals surface area contributed by atoms with Gasteiger partial charge in [-0.1, -0.05) is 6.42 Å². The van der Waals surface area contributed by atoms with Crippen LogP contribution in [0.3, 0.4) is 0 Å². The molecule has 0 aliphatic carbocycles. The van der Waals surface area contributed by atoms with Crippen molar-refractivity contribution in [3.63, 3.8) is 0 Å². The van der Waals surface area contributed by atoms with E-state index < -0.39 is 0 Å². The Morgan fingerprint density at radius 1 is 1.28 bits per heavy atom. The molecule has 2 saturated heterocycles. The van der Waals surface area contributed by atoms with Crippen LogP contribution in [0.4, 0.5) is 0 Å². The van der Waals surface area contributed by atoms with Gasteiger partial charge in [-0.2, -0.15) is 0 Å². The molecule has 0 aromatic heterocycles. The fourth-order valence-corrected chi connectivity index (χ4v) is 2.50. The molecule has 0 aromatic carbocycles. The third-order valence-corrected chi connectivity index (χ3v) is 3.81. The van der Waals surface area contributed by atoms with Gasteiger partial charge in [-0.05, 0) is 26.4 Å². The van der Waals surface area contributed by atoms with Gasteiger partial charge in [0.15, 0.2) is 0 Å². The van der Waals surface area contributed by atoms with Gasteiger partial charge in [0.05, 0.1) is 6.61 Å². The number of hydrogen-bond acceptors (Lipinski definition) is 4. The van der Waals surface area contributed by atoms with Gasteiger partial charge in [0.2, 0.25) is 5.91 Å². The second-order valence-electron chi connectivity index (χ2n) is 5.35. The molecule has 0 aromatic rings. The minimum Gasteiger partial charge on any atom is -0.370 e. The van der Waals surface area contributed by atoms with Crippen LogP contribution in [0.2, 0.25) is 0 Å². The van der Waals surface area contributed by atoms with Gasteiger partial charge >= 0.3 is 0 Å². The molecule has 5 heteroatoms. The fraction of sp³-hybridized carbons (Fsp3) is 0.923. The molecule has 2 heterocycles. The predicted octanol–water partition coefficient (Wildman–Crippen LogP) is -0.0809. The number of piperazine rings is 1. The number of carbonyl (C=O) groups excluding carboxylic acids is 1. The Balaban J connectivity index is 1.59. The fourth-order valence-electron chi connectivity index (χ4n) is 2.50. The Labute approximate surface area is 109 Å². The normalized spacial score (nSPS) is 26.3. The highest BCUT2D eigenvalue weighted by molar-refractivity contribution is 5.77. The number of nitrogens with zero attached hydrogens (tertiary/aromatic N) is 2. The zero-order chi connectivity index (χ0) is 12.8. The molecule has 104 valence electrons.